The normalized spacial score (nSPS) is 25.0. The topological polar surface area (TPSA) is 58.3 Å². The second kappa shape index (κ2) is 10.8. The molecule has 1 aliphatic carbocycles. The summed E-state index contributed by atoms with van der Waals surface area (Å²) in [7, 11) is 0. The molecule has 8 heteroatoms. The summed E-state index contributed by atoms with van der Waals surface area (Å²) in [4.78, 5) is 13.6. The van der Waals surface area contributed by atoms with Gasteiger partial charge in [0.1, 0.15) is 5.82 Å². The molecule has 1 aromatic heterocycles. The molecule has 2 heterocycles. The monoisotopic (exact) mass is 457 g/mol. The summed E-state index contributed by atoms with van der Waals surface area (Å²) >= 11 is 6.23. The van der Waals surface area contributed by atoms with Gasteiger partial charge in [-0.15, -0.1) is 24.8 Å². The van der Waals surface area contributed by atoms with Crippen molar-refractivity contribution in [3.05, 3.63) is 53.4 Å². The molecule has 29 heavy (non-hydrogen) atoms. The third-order valence-corrected chi connectivity index (χ3v) is 6.68. The lowest BCUT2D eigenvalue weighted by Gasteiger charge is -2.46. The van der Waals surface area contributed by atoms with Gasteiger partial charge in [0.25, 0.3) is 0 Å². The molecule has 5 nitrogen and oxygen atoms in total. The Morgan fingerprint density at radius 3 is 2.38 bits per heavy atom. The van der Waals surface area contributed by atoms with E-state index in [4.69, 9.17) is 17.3 Å². The Labute approximate surface area is 190 Å². The van der Waals surface area contributed by atoms with E-state index in [9.17, 15) is 0 Å². The van der Waals surface area contributed by atoms with Gasteiger partial charge in [-0.1, -0.05) is 23.7 Å². The van der Waals surface area contributed by atoms with E-state index in [1.54, 1.807) is 12.4 Å². The molecule has 0 bridgehead atoms. The number of nitrogens with two attached hydrogens (primary N) is 1. The van der Waals surface area contributed by atoms with Crippen LogP contribution < -0.4 is 10.6 Å². The van der Waals surface area contributed by atoms with Crippen LogP contribution in [0.2, 0.25) is 5.02 Å². The van der Waals surface area contributed by atoms with Gasteiger partial charge in [0.2, 0.25) is 0 Å². The molecule has 160 valence electrons. The molecule has 1 aromatic carbocycles. The lowest BCUT2D eigenvalue weighted by Crippen LogP contribution is -2.53. The molecule has 0 atom stereocenters. The lowest BCUT2D eigenvalue weighted by atomic mass is 9.68. The van der Waals surface area contributed by atoms with Crippen LogP contribution in [0.5, 0.6) is 0 Å². The number of hydrogen-bond acceptors (Lipinski definition) is 5. The zero-order chi connectivity index (χ0) is 18.7. The van der Waals surface area contributed by atoms with Crippen molar-refractivity contribution in [2.24, 2.45) is 5.73 Å². The second-order valence-electron chi connectivity index (χ2n) is 7.81. The largest absolute Gasteiger partial charge is 0.353 e. The zero-order valence-electron chi connectivity index (χ0n) is 16.5. The molecular weight excluding hydrogens is 429 g/mol. The molecule has 0 spiro atoms. The first-order chi connectivity index (χ1) is 13.2. The molecule has 0 radical (unpaired) electrons. The summed E-state index contributed by atoms with van der Waals surface area (Å²) in [5, 5.41) is 0.808. The SMILES string of the molecule is Cl.Cl.NC[C@]1(c2cccc(Cl)c2)CC[C@H](N2CCN(c3cnccn3)CC2)CC1. The van der Waals surface area contributed by atoms with Crippen molar-refractivity contribution >= 4 is 42.2 Å². The van der Waals surface area contributed by atoms with Gasteiger partial charge in [0, 0.05) is 61.6 Å². The van der Waals surface area contributed by atoms with Gasteiger partial charge >= 0.3 is 0 Å². The Morgan fingerprint density at radius 2 is 1.79 bits per heavy atom. The molecule has 2 fully saturated rings. The summed E-state index contributed by atoms with van der Waals surface area (Å²) in [6, 6.07) is 8.95. The van der Waals surface area contributed by atoms with E-state index in [0.717, 1.165) is 49.9 Å². The van der Waals surface area contributed by atoms with E-state index in [0.29, 0.717) is 12.6 Å². The lowest BCUT2D eigenvalue weighted by molar-refractivity contribution is 0.118. The van der Waals surface area contributed by atoms with Gasteiger partial charge in [0.15, 0.2) is 0 Å². The Kier molecular flexibility index (Phi) is 8.98. The smallest absolute Gasteiger partial charge is 0.147 e. The van der Waals surface area contributed by atoms with Crippen LogP contribution in [-0.4, -0.2) is 53.6 Å². The van der Waals surface area contributed by atoms with Crippen LogP contribution in [0.3, 0.4) is 0 Å². The fraction of sp³-hybridized carbons (Fsp3) is 0.524. The molecular formula is C21H30Cl3N5. The van der Waals surface area contributed by atoms with E-state index in [1.807, 2.05) is 18.3 Å². The maximum absolute atomic E-state index is 6.25. The van der Waals surface area contributed by atoms with Gasteiger partial charge in [-0.05, 0) is 43.4 Å². The number of nitrogens with zero attached hydrogens (tertiary/aromatic N) is 4. The predicted molar refractivity (Wildman–Crippen MR) is 125 cm³/mol. The third kappa shape index (κ3) is 5.33. The maximum atomic E-state index is 6.25. The average molecular weight is 459 g/mol. The van der Waals surface area contributed by atoms with Crippen molar-refractivity contribution in [2.75, 3.05) is 37.6 Å². The van der Waals surface area contributed by atoms with E-state index >= 15 is 0 Å². The van der Waals surface area contributed by atoms with Crippen LogP contribution >= 0.6 is 36.4 Å². The summed E-state index contributed by atoms with van der Waals surface area (Å²) in [6.45, 7) is 4.92. The number of anilines is 1. The minimum atomic E-state index is 0. The Bertz CT molecular complexity index is 745. The zero-order valence-corrected chi connectivity index (χ0v) is 18.9. The predicted octanol–water partition coefficient (Wildman–Crippen LogP) is 3.93. The van der Waals surface area contributed by atoms with Gasteiger partial charge < -0.3 is 10.6 Å². The summed E-state index contributed by atoms with van der Waals surface area (Å²) in [5.74, 6) is 0.990. The number of benzene rings is 1. The standard InChI is InChI=1S/C21H28ClN5.2ClH/c22-18-3-1-2-17(14-18)21(16-23)6-4-19(5-7-21)26-10-12-27(13-11-26)20-15-24-8-9-25-20;;/h1-3,8-9,14-15,19H,4-7,10-13,16,23H2;2*1H/t19-,21-;;. The highest BCUT2D eigenvalue weighted by molar-refractivity contribution is 6.30. The first kappa shape index (κ1) is 24.2. The molecule has 1 saturated heterocycles. The van der Waals surface area contributed by atoms with Gasteiger partial charge in [0.05, 0.1) is 6.20 Å². The van der Waals surface area contributed by atoms with Gasteiger partial charge in [-0.25, -0.2) is 4.98 Å². The molecule has 2 aliphatic rings. The Morgan fingerprint density at radius 1 is 1.07 bits per heavy atom. The quantitative estimate of drug-likeness (QED) is 0.752. The fourth-order valence-electron chi connectivity index (χ4n) is 4.72. The van der Waals surface area contributed by atoms with E-state index in [2.05, 4.69) is 31.9 Å². The average Bonchev–Trinajstić information content (AvgIpc) is 2.75. The molecule has 2 aromatic rings. The maximum Gasteiger partial charge on any atom is 0.147 e. The minimum Gasteiger partial charge on any atom is -0.353 e. The summed E-state index contributed by atoms with van der Waals surface area (Å²) in [5.41, 5.74) is 7.65. The van der Waals surface area contributed by atoms with Crippen LogP contribution in [0, 0.1) is 0 Å². The van der Waals surface area contributed by atoms with Crippen molar-refractivity contribution < 1.29 is 0 Å². The van der Waals surface area contributed by atoms with Crippen LogP contribution in [0.4, 0.5) is 5.82 Å². The molecule has 1 aliphatic heterocycles. The number of aromatic nitrogens is 2. The first-order valence-electron chi connectivity index (χ1n) is 9.91. The number of piperazine rings is 1. The highest BCUT2D eigenvalue weighted by Crippen LogP contribution is 2.41. The van der Waals surface area contributed by atoms with Crippen molar-refractivity contribution in [3.63, 3.8) is 0 Å². The Balaban J connectivity index is 0.00000150. The van der Waals surface area contributed by atoms with Crippen LogP contribution in [0.15, 0.2) is 42.9 Å². The Hall–Kier alpha value is -1.11. The van der Waals surface area contributed by atoms with Gasteiger partial charge in [-0.2, -0.15) is 0 Å². The third-order valence-electron chi connectivity index (χ3n) is 6.44. The summed E-state index contributed by atoms with van der Waals surface area (Å²) < 4.78 is 0. The van der Waals surface area contributed by atoms with Crippen molar-refractivity contribution in [3.8, 4) is 0 Å². The minimum absolute atomic E-state index is 0. The number of halogens is 3. The second-order valence-corrected chi connectivity index (χ2v) is 8.25. The molecule has 2 N–H and O–H groups in total. The van der Waals surface area contributed by atoms with Crippen molar-refractivity contribution in [2.45, 2.75) is 37.1 Å². The summed E-state index contributed by atoms with van der Waals surface area (Å²) in [6.07, 6.45) is 10.0. The van der Waals surface area contributed by atoms with Crippen molar-refractivity contribution in [1.29, 1.82) is 0 Å². The van der Waals surface area contributed by atoms with Crippen LogP contribution in [0.25, 0.3) is 0 Å². The highest BCUT2D eigenvalue weighted by atomic mass is 35.5. The highest BCUT2D eigenvalue weighted by Gasteiger charge is 2.38. The van der Waals surface area contributed by atoms with E-state index < -0.39 is 0 Å². The van der Waals surface area contributed by atoms with E-state index in [1.165, 1.54) is 18.4 Å². The number of rotatable bonds is 4. The van der Waals surface area contributed by atoms with Crippen molar-refractivity contribution in [1.82, 2.24) is 14.9 Å². The first-order valence-corrected chi connectivity index (χ1v) is 10.3. The van der Waals surface area contributed by atoms with Crippen LogP contribution in [-0.2, 0) is 5.41 Å². The van der Waals surface area contributed by atoms with E-state index in [-0.39, 0.29) is 30.2 Å². The van der Waals surface area contributed by atoms with Gasteiger partial charge in [-0.3, -0.25) is 9.88 Å². The van der Waals surface area contributed by atoms with Crippen LogP contribution in [0.1, 0.15) is 31.2 Å². The fourth-order valence-corrected chi connectivity index (χ4v) is 4.91. The number of hydrogen-bond donors (Lipinski definition) is 1. The molecule has 1 saturated carbocycles. The molecule has 0 unspecified atom stereocenters. The molecule has 0 amide bonds. The molecule has 4 rings (SSSR count).